The molecule has 1 amide bonds. The van der Waals surface area contributed by atoms with Crippen molar-refractivity contribution in [2.75, 3.05) is 18.4 Å². The summed E-state index contributed by atoms with van der Waals surface area (Å²) in [5.41, 5.74) is 4.78. The minimum absolute atomic E-state index is 0.153. The van der Waals surface area contributed by atoms with E-state index in [4.69, 9.17) is 4.98 Å². The fourth-order valence-electron chi connectivity index (χ4n) is 6.03. The van der Waals surface area contributed by atoms with Crippen molar-refractivity contribution in [3.63, 3.8) is 0 Å². The summed E-state index contributed by atoms with van der Waals surface area (Å²) in [7, 11) is 1.86. The zero-order valence-electron chi connectivity index (χ0n) is 24.3. The van der Waals surface area contributed by atoms with Gasteiger partial charge in [-0.3, -0.25) is 14.5 Å². The largest absolute Gasteiger partial charge is 0.317 e. The molecule has 0 radical (unpaired) electrons. The summed E-state index contributed by atoms with van der Waals surface area (Å²) in [5, 5.41) is 20.9. The Morgan fingerprint density at radius 1 is 1.05 bits per heavy atom. The van der Waals surface area contributed by atoms with Crippen LogP contribution in [0.15, 0.2) is 53.7 Å². The van der Waals surface area contributed by atoms with Crippen LogP contribution in [-0.4, -0.2) is 48.2 Å². The Bertz CT molecular complexity index is 1800. The molecule has 0 bridgehead atoms. The van der Waals surface area contributed by atoms with Crippen molar-refractivity contribution in [3.8, 4) is 28.6 Å². The normalized spacial score (nSPS) is 17.0. The average molecular weight is 575 g/mol. The molecule has 3 fully saturated rings. The molecule has 4 aromatic rings. The molecule has 2 saturated carbocycles. The SMILES string of the molecule is Cn1cnnc1-c1cc(C#N)ccc1-c1cc(NC(=O)c2cc(CN3CCCCC3)cn(C3CC3)c2=O)nc(C2CC2)c1. The number of carbonyl (C=O) groups is 1. The van der Waals surface area contributed by atoms with Crippen molar-refractivity contribution in [3.05, 3.63) is 81.7 Å². The van der Waals surface area contributed by atoms with Gasteiger partial charge in [0.2, 0.25) is 0 Å². The van der Waals surface area contributed by atoms with Gasteiger partial charge in [-0.15, -0.1) is 10.2 Å². The number of hydrogen-bond donors (Lipinski definition) is 1. The smallest absolute Gasteiger partial charge is 0.263 e. The molecule has 0 unspecified atom stereocenters. The van der Waals surface area contributed by atoms with Gasteiger partial charge in [0.15, 0.2) is 5.82 Å². The summed E-state index contributed by atoms with van der Waals surface area (Å²) >= 11 is 0. The summed E-state index contributed by atoms with van der Waals surface area (Å²) in [6.45, 7) is 2.81. The number of aromatic nitrogens is 5. The number of rotatable bonds is 8. The minimum Gasteiger partial charge on any atom is -0.317 e. The van der Waals surface area contributed by atoms with Gasteiger partial charge < -0.3 is 14.5 Å². The highest BCUT2D eigenvalue weighted by molar-refractivity contribution is 6.04. The van der Waals surface area contributed by atoms with Crippen LogP contribution in [-0.2, 0) is 13.6 Å². The Kier molecular flexibility index (Phi) is 7.11. The maximum Gasteiger partial charge on any atom is 0.263 e. The molecular formula is C33H34N8O2. The second-order valence-electron chi connectivity index (χ2n) is 12.1. The first kappa shape index (κ1) is 27.2. The topological polar surface area (TPSA) is 122 Å². The Hall–Kier alpha value is -4.62. The van der Waals surface area contributed by atoms with Crippen LogP contribution in [0.25, 0.3) is 22.5 Å². The van der Waals surface area contributed by atoms with Crippen molar-refractivity contribution < 1.29 is 4.79 Å². The highest BCUT2D eigenvalue weighted by Gasteiger charge is 2.29. The maximum absolute atomic E-state index is 13.8. The lowest BCUT2D eigenvalue weighted by Gasteiger charge is -2.26. The lowest BCUT2D eigenvalue weighted by Crippen LogP contribution is -2.32. The van der Waals surface area contributed by atoms with Gasteiger partial charge >= 0.3 is 0 Å². The van der Waals surface area contributed by atoms with E-state index in [9.17, 15) is 14.9 Å². The van der Waals surface area contributed by atoms with Gasteiger partial charge in [-0.25, -0.2) is 4.98 Å². The summed E-state index contributed by atoms with van der Waals surface area (Å²) in [6, 6.07) is 13.5. The molecule has 0 spiro atoms. The van der Waals surface area contributed by atoms with Crippen LogP contribution in [0, 0.1) is 11.3 Å². The molecule has 1 aliphatic heterocycles. The summed E-state index contributed by atoms with van der Waals surface area (Å²) < 4.78 is 3.57. The number of piperidine rings is 1. The first-order chi connectivity index (χ1) is 21.0. The molecule has 4 heterocycles. The van der Waals surface area contributed by atoms with Gasteiger partial charge in [0, 0.05) is 43.0 Å². The zero-order chi connectivity index (χ0) is 29.5. The number of likely N-dealkylation sites (tertiary alicyclic amines) is 1. The first-order valence-electron chi connectivity index (χ1n) is 15.2. The molecule has 43 heavy (non-hydrogen) atoms. The van der Waals surface area contributed by atoms with Crippen molar-refractivity contribution in [1.82, 2.24) is 29.2 Å². The van der Waals surface area contributed by atoms with Gasteiger partial charge in [-0.2, -0.15) is 5.26 Å². The van der Waals surface area contributed by atoms with E-state index in [-0.39, 0.29) is 17.2 Å². The maximum atomic E-state index is 13.8. The standard InChI is InChI=1S/C33H34N8O2/c1-39-20-35-38-31(39)27-13-21(17-34)5-10-26(27)24-15-29(23-6-7-23)36-30(16-24)37-32(42)28-14-22(18-40-11-3-2-4-12-40)19-41(33(28)43)25-8-9-25/h5,10,13-16,19-20,23,25H,2-4,6-9,11-12,18H2,1H3,(H,36,37,42). The summed E-state index contributed by atoms with van der Waals surface area (Å²) in [6.07, 6.45) is 11.2. The predicted molar refractivity (Wildman–Crippen MR) is 162 cm³/mol. The average Bonchev–Trinajstić information content (AvgIpc) is 3.96. The quantitative estimate of drug-likeness (QED) is 0.313. The van der Waals surface area contributed by atoms with E-state index in [0.717, 1.165) is 73.3 Å². The van der Waals surface area contributed by atoms with E-state index >= 15 is 0 Å². The number of carbonyl (C=O) groups excluding carboxylic acids is 1. The third kappa shape index (κ3) is 5.73. The minimum atomic E-state index is -0.445. The zero-order valence-corrected chi connectivity index (χ0v) is 24.3. The van der Waals surface area contributed by atoms with E-state index in [0.29, 0.717) is 23.1 Å². The Morgan fingerprint density at radius 2 is 1.86 bits per heavy atom. The second-order valence-corrected chi connectivity index (χ2v) is 12.1. The van der Waals surface area contributed by atoms with Crippen LogP contribution in [0.4, 0.5) is 5.82 Å². The monoisotopic (exact) mass is 574 g/mol. The van der Waals surface area contributed by atoms with Crippen molar-refractivity contribution >= 4 is 11.7 Å². The Labute approximate surface area is 250 Å². The van der Waals surface area contributed by atoms with Crippen LogP contribution in [0.3, 0.4) is 0 Å². The van der Waals surface area contributed by atoms with E-state index in [1.54, 1.807) is 23.0 Å². The fraction of sp³-hybridized carbons (Fsp3) is 0.394. The summed E-state index contributed by atoms with van der Waals surface area (Å²) in [5.74, 6) is 0.914. The first-order valence-corrected chi connectivity index (χ1v) is 15.2. The molecule has 10 nitrogen and oxygen atoms in total. The van der Waals surface area contributed by atoms with Gasteiger partial charge in [0.05, 0.1) is 11.6 Å². The number of pyridine rings is 2. The molecule has 3 aliphatic rings. The van der Waals surface area contributed by atoms with Crippen LogP contribution in [0.5, 0.6) is 0 Å². The Balaban J connectivity index is 1.25. The molecule has 1 N–H and O–H groups in total. The number of nitrogens with one attached hydrogen (secondary N) is 1. The number of hydrogen-bond acceptors (Lipinski definition) is 7. The molecule has 0 atom stereocenters. The second kappa shape index (κ2) is 11.2. The highest BCUT2D eigenvalue weighted by Crippen LogP contribution is 2.42. The molecule has 1 aromatic carbocycles. The number of benzene rings is 1. The Morgan fingerprint density at radius 3 is 2.56 bits per heavy atom. The molecule has 1 saturated heterocycles. The highest BCUT2D eigenvalue weighted by atomic mass is 16.2. The van der Waals surface area contributed by atoms with Gasteiger partial charge in [0.25, 0.3) is 11.5 Å². The number of nitrogens with zero attached hydrogens (tertiary/aromatic N) is 7. The van der Waals surface area contributed by atoms with Crippen molar-refractivity contribution in [2.45, 2.75) is 63.5 Å². The van der Waals surface area contributed by atoms with E-state index < -0.39 is 5.91 Å². The fourth-order valence-corrected chi connectivity index (χ4v) is 6.03. The third-order valence-corrected chi connectivity index (χ3v) is 8.63. The van der Waals surface area contributed by atoms with E-state index in [1.807, 2.05) is 42.1 Å². The molecular weight excluding hydrogens is 540 g/mol. The van der Waals surface area contributed by atoms with Crippen molar-refractivity contribution in [2.24, 2.45) is 7.05 Å². The number of nitriles is 1. The van der Waals surface area contributed by atoms with Gasteiger partial charge in [-0.1, -0.05) is 12.5 Å². The molecule has 2 aliphatic carbocycles. The van der Waals surface area contributed by atoms with Crippen molar-refractivity contribution in [1.29, 1.82) is 5.26 Å². The van der Waals surface area contributed by atoms with Gasteiger partial charge in [-0.05, 0) is 98.6 Å². The molecule has 3 aromatic heterocycles. The number of amides is 1. The predicted octanol–water partition coefficient (Wildman–Crippen LogP) is 5.03. The molecule has 10 heteroatoms. The van der Waals surface area contributed by atoms with Crippen LogP contribution < -0.4 is 10.9 Å². The van der Waals surface area contributed by atoms with Crippen LogP contribution >= 0.6 is 0 Å². The molecule has 218 valence electrons. The third-order valence-electron chi connectivity index (χ3n) is 8.63. The molecule has 7 rings (SSSR count). The lowest BCUT2D eigenvalue weighted by molar-refractivity contribution is 0.102. The van der Waals surface area contributed by atoms with Crippen LogP contribution in [0.2, 0.25) is 0 Å². The lowest BCUT2D eigenvalue weighted by atomic mass is 9.96. The van der Waals surface area contributed by atoms with E-state index in [1.165, 1.54) is 19.3 Å². The number of aryl methyl sites for hydroxylation is 1. The van der Waals surface area contributed by atoms with Crippen LogP contribution in [0.1, 0.15) is 84.1 Å². The number of anilines is 1. The summed E-state index contributed by atoms with van der Waals surface area (Å²) in [4.78, 5) is 34.5. The van der Waals surface area contributed by atoms with Gasteiger partial charge in [0.1, 0.15) is 17.7 Å². The van der Waals surface area contributed by atoms with E-state index in [2.05, 4.69) is 26.5 Å².